The Morgan fingerprint density at radius 2 is 1.77 bits per heavy atom. The van der Waals surface area contributed by atoms with Gasteiger partial charge < -0.3 is 20.6 Å². The van der Waals surface area contributed by atoms with E-state index >= 15 is 0 Å². The van der Waals surface area contributed by atoms with Crippen molar-refractivity contribution in [1.29, 1.82) is 5.26 Å². The quantitative estimate of drug-likeness (QED) is 0.336. The standard InChI is InChI=1S/C29H24N6O4/c30-16-20-4-3-7-23(15-20)33-27(36)25-18-32-35-13-12-34(28(37)26(25)35)24-10-8-19(9-11-24)14-21-5-1-2-6-22(21)17-31-29(38)39/h1-11,15,18,31H,12-14,17H2,(H,33,36)(H,38,39). The molecule has 0 radical (unpaired) electrons. The topological polar surface area (TPSA) is 140 Å². The van der Waals surface area contributed by atoms with Crippen LogP contribution in [0.25, 0.3) is 0 Å². The van der Waals surface area contributed by atoms with Gasteiger partial charge in [-0.05, 0) is 53.4 Å². The maximum atomic E-state index is 13.5. The largest absolute Gasteiger partial charge is 0.465 e. The normalized spacial score (nSPS) is 12.4. The molecule has 194 valence electrons. The summed E-state index contributed by atoms with van der Waals surface area (Å²) in [5, 5.41) is 27.4. The Kier molecular flexibility index (Phi) is 7.05. The Morgan fingerprint density at radius 1 is 1.00 bits per heavy atom. The predicted molar refractivity (Wildman–Crippen MR) is 144 cm³/mol. The van der Waals surface area contributed by atoms with Gasteiger partial charge in [-0.25, -0.2) is 4.79 Å². The molecule has 3 N–H and O–H groups in total. The van der Waals surface area contributed by atoms with E-state index in [-0.39, 0.29) is 23.7 Å². The molecule has 0 bridgehead atoms. The molecular weight excluding hydrogens is 496 g/mol. The third-order valence-corrected chi connectivity index (χ3v) is 6.51. The molecule has 10 nitrogen and oxygen atoms in total. The van der Waals surface area contributed by atoms with E-state index in [1.807, 2.05) is 54.6 Å². The number of hydrogen-bond donors (Lipinski definition) is 3. The Hall–Kier alpha value is -5.43. The monoisotopic (exact) mass is 520 g/mol. The highest BCUT2D eigenvalue weighted by atomic mass is 16.4. The van der Waals surface area contributed by atoms with E-state index in [1.54, 1.807) is 29.2 Å². The number of rotatable bonds is 7. The zero-order valence-electron chi connectivity index (χ0n) is 20.8. The smallest absolute Gasteiger partial charge is 0.404 e. The van der Waals surface area contributed by atoms with Crippen LogP contribution in [0.4, 0.5) is 16.2 Å². The molecule has 0 saturated carbocycles. The SMILES string of the molecule is N#Cc1cccc(NC(=O)c2cnn3c2C(=O)N(c2ccc(Cc4ccccc4CNC(=O)O)cc2)CC3)c1. The van der Waals surface area contributed by atoms with Gasteiger partial charge in [-0.3, -0.25) is 14.3 Å². The lowest BCUT2D eigenvalue weighted by Gasteiger charge is -2.28. The van der Waals surface area contributed by atoms with Crippen LogP contribution in [0.3, 0.4) is 0 Å². The van der Waals surface area contributed by atoms with Gasteiger partial charge in [0.2, 0.25) is 0 Å². The van der Waals surface area contributed by atoms with Crippen LogP contribution in [0.15, 0.2) is 79.0 Å². The van der Waals surface area contributed by atoms with Gasteiger partial charge in [0, 0.05) is 24.5 Å². The Labute approximate surface area is 224 Å². The van der Waals surface area contributed by atoms with Gasteiger partial charge in [-0.15, -0.1) is 0 Å². The van der Waals surface area contributed by atoms with E-state index < -0.39 is 12.0 Å². The summed E-state index contributed by atoms with van der Waals surface area (Å²) in [6.45, 7) is 1.06. The Morgan fingerprint density at radius 3 is 2.51 bits per heavy atom. The number of fused-ring (bicyclic) bond motifs is 1. The van der Waals surface area contributed by atoms with E-state index in [1.165, 1.54) is 10.9 Å². The van der Waals surface area contributed by atoms with Gasteiger partial charge in [0.25, 0.3) is 11.8 Å². The molecule has 0 unspecified atom stereocenters. The van der Waals surface area contributed by atoms with E-state index in [0.717, 1.165) is 16.7 Å². The first-order chi connectivity index (χ1) is 18.9. The Balaban J connectivity index is 1.32. The number of hydrogen-bond acceptors (Lipinski definition) is 5. The van der Waals surface area contributed by atoms with Crippen molar-refractivity contribution in [3.05, 3.63) is 113 Å². The summed E-state index contributed by atoms with van der Waals surface area (Å²) in [6, 6.07) is 23.8. The molecule has 39 heavy (non-hydrogen) atoms. The van der Waals surface area contributed by atoms with Crippen molar-refractivity contribution < 1.29 is 19.5 Å². The van der Waals surface area contributed by atoms with Crippen molar-refractivity contribution in [3.63, 3.8) is 0 Å². The number of amides is 3. The van der Waals surface area contributed by atoms with Crippen LogP contribution in [0, 0.1) is 11.3 Å². The number of aromatic nitrogens is 2. The average molecular weight is 521 g/mol. The maximum absolute atomic E-state index is 13.5. The number of nitrogens with zero attached hydrogens (tertiary/aromatic N) is 4. The van der Waals surface area contributed by atoms with Crippen molar-refractivity contribution in [2.75, 3.05) is 16.8 Å². The first kappa shape index (κ1) is 25.2. The summed E-state index contributed by atoms with van der Waals surface area (Å²) >= 11 is 0. The molecule has 4 aromatic rings. The summed E-state index contributed by atoms with van der Waals surface area (Å²) in [6.07, 6.45) is 0.922. The van der Waals surface area contributed by atoms with Crippen LogP contribution < -0.4 is 15.5 Å². The lowest BCUT2D eigenvalue weighted by Crippen LogP contribution is -2.41. The second kappa shape index (κ2) is 10.9. The molecule has 0 saturated heterocycles. The zero-order valence-corrected chi connectivity index (χ0v) is 20.8. The van der Waals surface area contributed by atoms with Gasteiger partial charge in [0.1, 0.15) is 5.69 Å². The molecule has 0 atom stereocenters. The minimum absolute atomic E-state index is 0.162. The number of carboxylic acid groups (broad SMARTS) is 1. The van der Waals surface area contributed by atoms with Crippen molar-refractivity contribution >= 4 is 29.3 Å². The summed E-state index contributed by atoms with van der Waals surface area (Å²) in [7, 11) is 0. The van der Waals surface area contributed by atoms with Crippen molar-refractivity contribution in [2.45, 2.75) is 19.5 Å². The van der Waals surface area contributed by atoms with Gasteiger partial charge in [0.05, 0.1) is 29.9 Å². The third kappa shape index (κ3) is 5.47. The lowest BCUT2D eigenvalue weighted by atomic mass is 9.99. The van der Waals surface area contributed by atoms with Gasteiger partial charge in [-0.2, -0.15) is 10.4 Å². The second-order valence-corrected chi connectivity index (χ2v) is 9.00. The average Bonchev–Trinajstić information content (AvgIpc) is 3.39. The number of benzene rings is 3. The van der Waals surface area contributed by atoms with Crippen LogP contribution in [-0.2, 0) is 19.5 Å². The lowest BCUT2D eigenvalue weighted by molar-refractivity contribution is 0.0946. The molecule has 1 aliphatic heterocycles. The fraction of sp³-hybridized carbons (Fsp3) is 0.138. The fourth-order valence-electron chi connectivity index (χ4n) is 4.57. The highest BCUT2D eigenvalue weighted by molar-refractivity contribution is 6.15. The third-order valence-electron chi connectivity index (χ3n) is 6.51. The van der Waals surface area contributed by atoms with Crippen LogP contribution >= 0.6 is 0 Å². The molecule has 3 amide bonds. The molecule has 0 spiro atoms. The number of anilines is 2. The number of carbonyl (C=O) groups excluding carboxylic acids is 2. The fourth-order valence-corrected chi connectivity index (χ4v) is 4.57. The molecule has 5 rings (SSSR count). The molecule has 2 heterocycles. The first-order valence-electron chi connectivity index (χ1n) is 12.2. The van der Waals surface area contributed by atoms with Gasteiger partial charge >= 0.3 is 6.09 Å². The number of nitrogens with one attached hydrogen (secondary N) is 2. The van der Waals surface area contributed by atoms with Crippen LogP contribution in [0.2, 0.25) is 0 Å². The number of carbonyl (C=O) groups is 3. The molecular formula is C29H24N6O4. The van der Waals surface area contributed by atoms with Crippen molar-refractivity contribution in [3.8, 4) is 6.07 Å². The highest BCUT2D eigenvalue weighted by Crippen LogP contribution is 2.25. The predicted octanol–water partition coefficient (Wildman–Crippen LogP) is 4.03. The molecule has 0 fully saturated rings. The van der Waals surface area contributed by atoms with Crippen molar-refractivity contribution in [1.82, 2.24) is 15.1 Å². The summed E-state index contributed by atoms with van der Waals surface area (Å²) in [5.74, 6) is -0.805. The number of nitriles is 1. The van der Waals surface area contributed by atoms with Crippen LogP contribution in [0.1, 0.15) is 43.1 Å². The molecule has 0 aliphatic carbocycles. The Bertz CT molecular complexity index is 1600. The maximum Gasteiger partial charge on any atom is 0.404 e. The van der Waals surface area contributed by atoms with E-state index in [0.29, 0.717) is 36.4 Å². The first-order valence-corrected chi connectivity index (χ1v) is 12.2. The molecule has 10 heteroatoms. The summed E-state index contributed by atoms with van der Waals surface area (Å²) in [4.78, 5) is 39.0. The highest BCUT2D eigenvalue weighted by Gasteiger charge is 2.32. The van der Waals surface area contributed by atoms with E-state index in [4.69, 9.17) is 10.4 Å². The van der Waals surface area contributed by atoms with E-state index in [9.17, 15) is 14.4 Å². The summed E-state index contributed by atoms with van der Waals surface area (Å²) in [5.41, 5.74) is 4.85. The molecule has 1 aromatic heterocycles. The second-order valence-electron chi connectivity index (χ2n) is 9.00. The van der Waals surface area contributed by atoms with Gasteiger partial charge in [-0.1, -0.05) is 42.5 Å². The van der Waals surface area contributed by atoms with E-state index in [2.05, 4.69) is 15.7 Å². The minimum atomic E-state index is -1.07. The van der Waals surface area contributed by atoms with Crippen molar-refractivity contribution in [2.24, 2.45) is 0 Å². The minimum Gasteiger partial charge on any atom is -0.465 e. The summed E-state index contributed by atoms with van der Waals surface area (Å²) < 4.78 is 1.54. The van der Waals surface area contributed by atoms with Crippen LogP contribution in [-0.4, -0.2) is 39.3 Å². The van der Waals surface area contributed by atoms with Gasteiger partial charge in [0.15, 0.2) is 0 Å². The van der Waals surface area contributed by atoms with Crippen LogP contribution in [0.5, 0.6) is 0 Å². The molecule has 1 aliphatic rings. The molecule has 3 aromatic carbocycles. The zero-order chi connectivity index (χ0) is 27.4.